The summed E-state index contributed by atoms with van der Waals surface area (Å²) < 4.78 is 121. The molecule has 0 radical (unpaired) electrons. The highest BCUT2D eigenvalue weighted by Crippen LogP contribution is 2.68. The first-order chi connectivity index (χ1) is 10.2. The van der Waals surface area contributed by atoms with Gasteiger partial charge in [-0.1, -0.05) is 12.2 Å². The van der Waals surface area contributed by atoms with Gasteiger partial charge in [-0.2, -0.15) is 26.3 Å². The van der Waals surface area contributed by atoms with Crippen molar-refractivity contribution >= 4 is 19.7 Å². The zero-order valence-corrected chi connectivity index (χ0v) is 13.0. The number of rotatable bonds is 2. The van der Waals surface area contributed by atoms with E-state index in [4.69, 9.17) is 0 Å². The zero-order chi connectivity index (χ0) is 17.9. The lowest BCUT2D eigenvalue weighted by Crippen LogP contribution is -2.49. The molecular weight excluding hydrogens is 374 g/mol. The van der Waals surface area contributed by atoms with Crippen LogP contribution in [-0.4, -0.2) is 31.9 Å². The van der Waals surface area contributed by atoms with Crippen LogP contribution in [0.5, 0.6) is 0 Å². The molecule has 0 aromatic heterocycles. The third kappa shape index (κ3) is 2.31. The third-order valence-corrected chi connectivity index (χ3v) is 9.74. The van der Waals surface area contributed by atoms with Crippen LogP contribution in [0.15, 0.2) is 12.2 Å². The molecule has 4 nitrogen and oxygen atoms in total. The van der Waals surface area contributed by atoms with Gasteiger partial charge in [0.15, 0.2) is 4.08 Å². The van der Waals surface area contributed by atoms with Gasteiger partial charge < -0.3 is 0 Å². The van der Waals surface area contributed by atoms with E-state index >= 15 is 0 Å². The first-order valence-electron chi connectivity index (χ1n) is 6.49. The summed E-state index contributed by atoms with van der Waals surface area (Å²) in [4.78, 5) is 0. The lowest BCUT2D eigenvalue weighted by atomic mass is 10.1. The SMILES string of the molecule is O=S(=O)(C(F)(F)F)C1(S(=O)(=O)C(F)(F)F)C2CC/C=C\CCC21. The molecule has 2 unspecified atom stereocenters. The van der Waals surface area contributed by atoms with Gasteiger partial charge in [-0.3, -0.25) is 0 Å². The van der Waals surface area contributed by atoms with Crippen LogP contribution in [0.2, 0.25) is 0 Å². The molecule has 0 aromatic rings. The van der Waals surface area contributed by atoms with Gasteiger partial charge in [0, 0.05) is 0 Å². The Balaban J connectivity index is 2.71. The average molecular weight is 386 g/mol. The van der Waals surface area contributed by atoms with Crippen molar-refractivity contribution in [1.29, 1.82) is 0 Å². The smallest absolute Gasteiger partial charge is 0.218 e. The van der Waals surface area contributed by atoms with Crippen molar-refractivity contribution in [3.05, 3.63) is 12.2 Å². The molecular formula is C11H12F6O4S2. The lowest BCUT2D eigenvalue weighted by Gasteiger charge is -2.22. The quantitative estimate of drug-likeness (QED) is 0.541. The number of alkyl halides is 6. The third-order valence-electron chi connectivity index (χ3n) is 4.32. The average Bonchev–Trinajstić information content (AvgIpc) is 2.93. The van der Waals surface area contributed by atoms with Crippen molar-refractivity contribution in [2.45, 2.75) is 40.8 Å². The van der Waals surface area contributed by atoms with Crippen molar-refractivity contribution in [2.24, 2.45) is 11.8 Å². The van der Waals surface area contributed by atoms with Crippen LogP contribution in [0.25, 0.3) is 0 Å². The Bertz CT molecular complexity index is 655. The van der Waals surface area contributed by atoms with E-state index in [9.17, 15) is 43.2 Å². The van der Waals surface area contributed by atoms with E-state index in [0.29, 0.717) is 0 Å². The summed E-state index contributed by atoms with van der Waals surface area (Å²) in [6, 6.07) is 0. The molecule has 2 rings (SSSR count). The van der Waals surface area contributed by atoms with Crippen molar-refractivity contribution in [3.8, 4) is 0 Å². The highest BCUT2D eigenvalue weighted by Gasteiger charge is 2.87. The molecule has 134 valence electrons. The second-order valence-corrected chi connectivity index (χ2v) is 10.0. The van der Waals surface area contributed by atoms with Crippen LogP contribution in [0.3, 0.4) is 0 Å². The molecule has 0 spiro atoms. The predicted octanol–water partition coefficient (Wildman–Crippen LogP) is 2.93. The van der Waals surface area contributed by atoms with Gasteiger partial charge in [-0.05, 0) is 37.5 Å². The topological polar surface area (TPSA) is 68.3 Å². The molecule has 0 aliphatic heterocycles. The highest BCUT2D eigenvalue weighted by molar-refractivity contribution is 8.11. The van der Waals surface area contributed by atoms with Gasteiger partial charge in [-0.15, -0.1) is 0 Å². The largest absolute Gasteiger partial charge is 0.498 e. The minimum absolute atomic E-state index is 0.0175. The second kappa shape index (κ2) is 5.11. The number of sulfone groups is 2. The van der Waals surface area contributed by atoms with E-state index in [1.54, 1.807) is 0 Å². The summed E-state index contributed by atoms with van der Waals surface area (Å²) in [5.74, 6) is -3.43. The van der Waals surface area contributed by atoms with Gasteiger partial charge >= 0.3 is 11.0 Å². The number of fused-ring (bicyclic) bond motifs is 1. The van der Waals surface area contributed by atoms with Gasteiger partial charge in [0.05, 0.1) is 0 Å². The molecule has 2 aliphatic carbocycles. The maximum Gasteiger partial charge on any atom is 0.498 e. The van der Waals surface area contributed by atoms with E-state index in [-0.39, 0.29) is 25.7 Å². The van der Waals surface area contributed by atoms with E-state index < -0.39 is 46.6 Å². The summed E-state index contributed by atoms with van der Waals surface area (Å²) >= 11 is 0. The summed E-state index contributed by atoms with van der Waals surface area (Å²) in [6.07, 6.45) is 2.27. The Kier molecular flexibility index (Phi) is 4.12. The molecule has 0 amide bonds. The summed E-state index contributed by atoms with van der Waals surface area (Å²) in [7, 11) is -13.1. The van der Waals surface area contributed by atoms with Gasteiger partial charge in [0.2, 0.25) is 0 Å². The second-order valence-electron chi connectivity index (χ2n) is 5.46. The van der Waals surface area contributed by atoms with E-state index in [2.05, 4.69) is 0 Å². The lowest BCUT2D eigenvalue weighted by molar-refractivity contribution is -0.0480. The fraction of sp³-hybridized carbons (Fsp3) is 0.818. The van der Waals surface area contributed by atoms with Crippen LogP contribution in [0.1, 0.15) is 25.7 Å². The van der Waals surface area contributed by atoms with E-state index in [1.807, 2.05) is 0 Å². The first kappa shape index (κ1) is 18.6. The molecule has 1 fully saturated rings. The van der Waals surface area contributed by atoms with Crippen LogP contribution in [0.4, 0.5) is 26.3 Å². The molecule has 23 heavy (non-hydrogen) atoms. The molecule has 0 N–H and O–H groups in total. The molecule has 12 heteroatoms. The fourth-order valence-electron chi connectivity index (χ4n) is 3.38. The monoisotopic (exact) mass is 386 g/mol. The van der Waals surface area contributed by atoms with E-state index in [1.165, 1.54) is 12.2 Å². The number of hydrogen-bond acceptors (Lipinski definition) is 4. The van der Waals surface area contributed by atoms with Crippen molar-refractivity contribution in [1.82, 2.24) is 0 Å². The highest BCUT2D eigenvalue weighted by atomic mass is 32.3. The zero-order valence-electron chi connectivity index (χ0n) is 11.4. The minimum Gasteiger partial charge on any atom is -0.218 e. The summed E-state index contributed by atoms with van der Waals surface area (Å²) in [5, 5.41) is 0. The summed E-state index contributed by atoms with van der Waals surface area (Å²) in [5.41, 5.74) is -12.2. The van der Waals surface area contributed by atoms with Crippen molar-refractivity contribution < 1.29 is 43.2 Å². The van der Waals surface area contributed by atoms with Gasteiger partial charge in [-0.25, -0.2) is 16.8 Å². The predicted molar refractivity (Wildman–Crippen MR) is 67.3 cm³/mol. The van der Waals surface area contributed by atoms with Crippen LogP contribution in [-0.2, 0) is 19.7 Å². The van der Waals surface area contributed by atoms with Crippen LogP contribution >= 0.6 is 0 Å². The molecule has 0 bridgehead atoms. The standard InChI is InChI=1S/C11H12F6O4S2/c12-10(13,14)22(18,19)9(23(20,21)11(15,16)17)7-5-3-1-2-4-6-8(7)9/h1-2,7-8H,3-6H2/b2-1-. The Morgan fingerprint density at radius 3 is 1.30 bits per heavy atom. The Hall–Kier alpha value is -0.780. The van der Waals surface area contributed by atoms with Crippen LogP contribution < -0.4 is 0 Å². The minimum atomic E-state index is -6.56. The maximum atomic E-state index is 12.9. The van der Waals surface area contributed by atoms with Gasteiger partial charge in [0.25, 0.3) is 19.7 Å². The Morgan fingerprint density at radius 1 is 0.739 bits per heavy atom. The summed E-state index contributed by atoms with van der Waals surface area (Å²) in [6.45, 7) is 0. The number of allylic oxidation sites excluding steroid dienone is 2. The Labute approximate surface area is 128 Å². The number of hydrogen-bond donors (Lipinski definition) is 0. The Morgan fingerprint density at radius 2 is 1.04 bits per heavy atom. The fourth-order valence-corrected chi connectivity index (χ4v) is 8.41. The molecule has 0 saturated heterocycles. The van der Waals surface area contributed by atoms with Crippen molar-refractivity contribution in [2.75, 3.05) is 0 Å². The number of halogens is 6. The van der Waals surface area contributed by atoms with E-state index in [0.717, 1.165) is 0 Å². The van der Waals surface area contributed by atoms with Crippen molar-refractivity contribution in [3.63, 3.8) is 0 Å². The maximum absolute atomic E-state index is 12.9. The van der Waals surface area contributed by atoms with Crippen LogP contribution in [0, 0.1) is 11.8 Å². The molecule has 2 aliphatic rings. The molecule has 0 heterocycles. The molecule has 2 atom stereocenters. The molecule has 1 saturated carbocycles. The first-order valence-corrected chi connectivity index (χ1v) is 9.46. The molecule has 0 aromatic carbocycles. The van der Waals surface area contributed by atoms with Gasteiger partial charge in [0.1, 0.15) is 0 Å². The normalized spacial score (nSPS) is 30.0.